The summed E-state index contributed by atoms with van der Waals surface area (Å²) in [4.78, 5) is 11.0. The summed E-state index contributed by atoms with van der Waals surface area (Å²) in [6.45, 7) is 6.23. The molecule has 114 valence electrons. The molecule has 1 heterocycles. The first kappa shape index (κ1) is 17.8. The number of benzene rings is 1. The Morgan fingerprint density at radius 2 is 2.05 bits per heavy atom. The molecule has 2 aliphatic rings. The first-order chi connectivity index (χ1) is 9.78. The molecule has 1 aliphatic heterocycles. The number of ether oxygens (including phenoxy) is 1. The molecule has 1 aliphatic carbocycles. The van der Waals surface area contributed by atoms with Crippen molar-refractivity contribution in [2.75, 3.05) is 0 Å². The van der Waals surface area contributed by atoms with Crippen molar-refractivity contribution in [1.29, 1.82) is 0 Å². The largest absolute Gasteiger partial charge is 1.00 e. The summed E-state index contributed by atoms with van der Waals surface area (Å²) in [5.41, 5.74) is 0.213. The summed E-state index contributed by atoms with van der Waals surface area (Å²) in [7, 11) is 0. The maximum Gasteiger partial charge on any atom is 1.00 e. The van der Waals surface area contributed by atoms with E-state index in [9.17, 15) is 15.0 Å². The molecular weight excluding hydrogens is 291 g/mol. The third-order valence-electron chi connectivity index (χ3n) is 5.63. The topological polar surface area (TPSA) is 69.6 Å². The van der Waals surface area contributed by atoms with Crippen LogP contribution in [0.3, 0.4) is 0 Å². The van der Waals surface area contributed by atoms with Crippen molar-refractivity contribution < 1.29 is 49.3 Å². The Hall–Kier alpha value is -0.550. The van der Waals surface area contributed by atoms with Crippen molar-refractivity contribution in [2.24, 2.45) is 11.3 Å². The van der Waals surface area contributed by atoms with Crippen molar-refractivity contribution in [3.8, 4) is 5.75 Å². The second-order valence-corrected chi connectivity index (χ2v) is 6.99. The van der Waals surface area contributed by atoms with Crippen LogP contribution >= 0.6 is 0 Å². The molecule has 1 fully saturated rings. The van der Waals surface area contributed by atoms with Crippen LogP contribution in [-0.2, 0) is 6.42 Å². The molecular formula is C17H21NaO4. The Morgan fingerprint density at radius 1 is 1.36 bits per heavy atom. The minimum atomic E-state index is -1.17. The van der Waals surface area contributed by atoms with E-state index in [-0.39, 0.29) is 40.5 Å². The van der Waals surface area contributed by atoms with Crippen molar-refractivity contribution in [1.82, 2.24) is 0 Å². The molecule has 0 unspecified atom stereocenters. The van der Waals surface area contributed by atoms with Gasteiger partial charge < -0.3 is 19.7 Å². The van der Waals surface area contributed by atoms with Crippen LogP contribution in [0.5, 0.6) is 5.75 Å². The molecule has 1 aromatic carbocycles. The van der Waals surface area contributed by atoms with Gasteiger partial charge in [0.1, 0.15) is 11.4 Å². The third kappa shape index (κ3) is 2.41. The number of aliphatic hydroxyl groups excluding tert-OH is 1. The Morgan fingerprint density at radius 3 is 2.68 bits per heavy atom. The molecule has 5 heteroatoms. The van der Waals surface area contributed by atoms with Gasteiger partial charge in [0, 0.05) is 11.8 Å². The maximum atomic E-state index is 11.0. The molecule has 1 aromatic rings. The molecule has 3 rings (SSSR count). The van der Waals surface area contributed by atoms with Gasteiger partial charge in [0.05, 0.1) is 12.1 Å². The first-order valence-corrected chi connectivity index (χ1v) is 7.49. The van der Waals surface area contributed by atoms with Gasteiger partial charge in [0.25, 0.3) is 0 Å². The number of carboxylic acid groups (broad SMARTS) is 1. The molecule has 0 saturated heterocycles. The van der Waals surface area contributed by atoms with E-state index in [4.69, 9.17) is 4.74 Å². The first-order valence-electron chi connectivity index (χ1n) is 7.49. The number of aromatic carboxylic acids is 1. The van der Waals surface area contributed by atoms with E-state index < -0.39 is 17.7 Å². The Labute approximate surface area is 153 Å². The van der Waals surface area contributed by atoms with Crippen LogP contribution < -0.4 is 39.4 Å². The van der Waals surface area contributed by atoms with Gasteiger partial charge in [-0.05, 0) is 48.1 Å². The van der Waals surface area contributed by atoms with Gasteiger partial charge in [-0.25, -0.2) is 0 Å². The summed E-state index contributed by atoms with van der Waals surface area (Å²) in [5.74, 6) is -0.140. The zero-order chi connectivity index (χ0) is 15.4. The van der Waals surface area contributed by atoms with Crippen LogP contribution in [0.4, 0.5) is 0 Å². The number of fused-ring (bicyclic) bond motifs is 1. The summed E-state index contributed by atoms with van der Waals surface area (Å²) in [6, 6.07) is 4.87. The molecule has 22 heavy (non-hydrogen) atoms. The minimum Gasteiger partial charge on any atom is -0.545 e. The van der Waals surface area contributed by atoms with E-state index in [1.165, 1.54) is 6.07 Å². The van der Waals surface area contributed by atoms with E-state index in [0.717, 1.165) is 24.2 Å². The maximum absolute atomic E-state index is 11.0. The molecule has 1 spiro atoms. The van der Waals surface area contributed by atoms with Crippen molar-refractivity contribution in [3.63, 3.8) is 0 Å². The molecule has 4 nitrogen and oxygen atoms in total. The van der Waals surface area contributed by atoms with E-state index in [1.807, 2.05) is 13.8 Å². The monoisotopic (exact) mass is 312 g/mol. The summed E-state index contributed by atoms with van der Waals surface area (Å²) in [5, 5.41) is 21.4. The quantitative estimate of drug-likeness (QED) is 0.644. The number of carboxylic acids is 1. The van der Waals surface area contributed by atoms with Gasteiger partial charge in [0.15, 0.2) is 0 Å². The van der Waals surface area contributed by atoms with Gasteiger partial charge in [-0.15, -0.1) is 0 Å². The SMILES string of the molecule is C[C@H]1CC[C@@H](O)C(C)(C)[C@@]12Cc1cc(C(=O)[O-])ccc1O2.[Na+]. The van der Waals surface area contributed by atoms with Crippen LogP contribution in [0.2, 0.25) is 0 Å². The molecule has 0 aromatic heterocycles. The fraction of sp³-hybridized carbons (Fsp3) is 0.588. The van der Waals surface area contributed by atoms with E-state index in [0.29, 0.717) is 12.3 Å². The summed E-state index contributed by atoms with van der Waals surface area (Å²) >= 11 is 0. The van der Waals surface area contributed by atoms with Gasteiger partial charge in [0.2, 0.25) is 0 Å². The molecule has 0 bridgehead atoms. The van der Waals surface area contributed by atoms with Crippen LogP contribution in [0.25, 0.3) is 0 Å². The number of carbonyl (C=O) groups is 1. The number of carbonyl (C=O) groups excluding carboxylic acids is 1. The number of aliphatic hydroxyl groups is 1. The van der Waals surface area contributed by atoms with Gasteiger partial charge >= 0.3 is 29.6 Å². The minimum absolute atomic E-state index is 0. The fourth-order valence-electron chi connectivity index (χ4n) is 4.01. The second kappa shape index (κ2) is 5.82. The predicted molar refractivity (Wildman–Crippen MR) is 76.0 cm³/mol. The van der Waals surface area contributed by atoms with Crippen molar-refractivity contribution in [2.45, 2.75) is 51.7 Å². The molecule has 1 N–H and O–H groups in total. The average Bonchev–Trinajstić information content (AvgIpc) is 2.82. The number of hydrogen-bond acceptors (Lipinski definition) is 4. The Bertz CT molecular complexity index is 598. The molecule has 0 amide bonds. The standard InChI is InChI=1S/C17H22O4.Na/c1-10-4-7-14(18)16(2,3)17(10)9-12-8-11(15(19)20)5-6-13(12)21-17;/h5-6,8,10,14,18H,4,7,9H2,1-3H3,(H,19,20);/q;+1/p-1/t10-,14+,17+;/m0./s1. The van der Waals surface area contributed by atoms with Gasteiger partial charge in [-0.3, -0.25) is 0 Å². The average molecular weight is 312 g/mol. The van der Waals surface area contributed by atoms with Gasteiger partial charge in [-0.1, -0.05) is 20.8 Å². The van der Waals surface area contributed by atoms with Crippen LogP contribution in [0.15, 0.2) is 18.2 Å². The third-order valence-corrected chi connectivity index (χ3v) is 5.63. The summed E-state index contributed by atoms with van der Waals surface area (Å²) < 4.78 is 6.29. The normalized spacial score (nSPS) is 32.0. The van der Waals surface area contributed by atoms with Crippen LogP contribution in [-0.4, -0.2) is 22.8 Å². The molecule has 1 saturated carbocycles. The number of hydrogen-bond donors (Lipinski definition) is 1. The van der Waals surface area contributed by atoms with Crippen LogP contribution in [0.1, 0.15) is 49.5 Å². The Balaban J connectivity index is 0.00000176. The van der Waals surface area contributed by atoms with Gasteiger partial charge in [-0.2, -0.15) is 0 Å². The zero-order valence-corrected chi connectivity index (χ0v) is 15.7. The van der Waals surface area contributed by atoms with E-state index in [2.05, 4.69) is 6.92 Å². The van der Waals surface area contributed by atoms with Crippen molar-refractivity contribution >= 4 is 5.97 Å². The molecule has 0 radical (unpaired) electrons. The molecule has 3 atom stereocenters. The van der Waals surface area contributed by atoms with E-state index in [1.54, 1.807) is 12.1 Å². The summed E-state index contributed by atoms with van der Waals surface area (Å²) in [6.07, 6.45) is 1.91. The smallest absolute Gasteiger partial charge is 0.545 e. The Kier molecular flexibility index (Phi) is 4.71. The number of rotatable bonds is 1. The van der Waals surface area contributed by atoms with Crippen molar-refractivity contribution in [3.05, 3.63) is 29.3 Å². The van der Waals surface area contributed by atoms with Crippen LogP contribution in [0, 0.1) is 11.3 Å². The second-order valence-electron chi connectivity index (χ2n) is 6.99. The fourth-order valence-corrected chi connectivity index (χ4v) is 4.01. The van der Waals surface area contributed by atoms with E-state index >= 15 is 0 Å². The zero-order valence-electron chi connectivity index (χ0n) is 13.7. The predicted octanol–water partition coefficient (Wildman–Crippen LogP) is -1.46.